The first-order valence-electron chi connectivity index (χ1n) is 4.71. The number of nitrogens with two attached hydrogens (primary N) is 1. The van der Waals surface area contributed by atoms with Crippen LogP contribution in [0.4, 0.5) is 0 Å². The Kier molecular flexibility index (Phi) is 3.72. The molecule has 0 radical (unpaired) electrons. The fourth-order valence-corrected chi connectivity index (χ4v) is 1.41. The molecule has 2 nitrogen and oxygen atoms in total. The van der Waals surface area contributed by atoms with E-state index in [0.29, 0.717) is 6.54 Å². The van der Waals surface area contributed by atoms with Gasteiger partial charge in [0, 0.05) is 12.1 Å². The lowest BCUT2D eigenvalue weighted by molar-refractivity contribution is 0.410. The van der Waals surface area contributed by atoms with Crippen molar-refractivity contribution in [3.05, 3.63) is 34.9 Å². The Morgan fingerprint density at radius 3 is 2.64 bits per heavy atom. The first-order valence-corrected chi connectivity index (χ1v) is 4.71. The van der Waals surface area contributed by atoms with Crippen LogP contribution in [-0.2, 0) is 0 Å². The number of aryl methyl sites for hydroxylation is 1. The largest absolute Gasteiger partial charge is 0.496 e. The highest BCUT2D eigenvalue weighted by atomic mass is 16.5. The van der Waals surface area contributed by atoms with E-state index in [1.54, 1.807) is 7.11 Å². The van der Waals surface area contributed by atoms with Crippen LogP contribution in [0.5, 0.6) is 5.75 Å². The summed E-state index contributed by atoms with van der Waals surface area (Å²) >= 11 is 0. The third-order valence-corrected chi connectivity index (χ3v) is 2.34. The first kappa shape index (κ1) is 10.8. The summed E-state index contributed by atoms with van der Waals surface area (Å²) in [7, 11) is 1.70. The van der Waals surface area contributed by atoms with Crippen molar-refractivity contribution in [2.24, 2.45) is 5.73 Å². The average Bonchev–Trinajstić information content (AvgIpc) is 2.20. The van der Waals surface area contributed by atoms with Crippen LogP contribution >= 0.6 is 0 Å². The van der Waals surface area contributed by atoms with Crippen LogP contribution in [0.1, 0.15) is 16.7 Å². The van der Waals surface area contributed by atoms with Crippen LogP contribution in [0.2, 0.25) is 0 Å². The van der Waals surface area contributed by atoms with Crippen LogP contribution in [0.3, 0.4) is 0 Å². The molecule has 0 bridgehead atoms. The summed E-state index contributed by atoms with van der Waals surface area (Å²) in [5.74, 6) is 0.940. The van der Waals surface area contributed by atoms with Crippen LogP contribution in [-0.4, -0.2) is 13.7 Å². The van der Waals surface area contributed by atoms with Crippen LogP contribution in [0.25, 0.3) is 6.08 Å². The molecular weight excluding hydrogens is 174 g/mol. The zero-order valence-electron chi connectivity index (χ0n) is 9.00. The Morgan fingerprint density at radius 2 is 2.07 bits per heavy atom. The predicted octanol–water partition coefficient (Wildman–Crippen LogP) is 2.28. The minimum Gasteiger partial charge on any atom is -0.496 e. The summed E-state index contributed by atoms with van der Waals surface area (Å²) in [4.78, 5) is 0. The van der Waals surface area contributed by atoms with Crippen molar-refractivity contribution in [1.29, 1.82) is 0 Å². The summed E-state index contributed by atoms with van der Waals surface area (Å²) < 4.78 is 5.36. The molecule has 1 aromatic carbocycles. The Bertz CT molecular complexity index is 342. The van der Waals surface area contributed by atoms with Crippen molar-refractivity contribution in [2.45, 2.75) is 13.8 Å². The molecular formula is C12H17NO. The summed E-state index contributed by atoms with van der Waals surface area (Å²) in [5.41, 5.74) is 8.92. The second kappa shape index (κ2) is 4.82. The van der Waals surface area contributed by atoms with E-state index in [9.17, 15) is 0 Å². The van der Waals surface area contributed by atoms with Gasteiger partial charge in [-0.15, -0.1) is 0 Å². The Morgan fingerprint density at radius 1 is 1.36 bits per heavy atom. The second-order valence-corrected chi connectivity index (χ2v) is 3.27. The van der Waals surface area contributed by atoms with Gasteiger partial charge in [0.05, 0.1) is 7.11 Å². The molecule has 0 unspecified atom stereocenters. The molecule has 0 spiro atoms. The summed E-state index contributed by atoms with van der Waals surface area (Å²) in [6, 6.07) is 4.14. The maximum Gasteiger partial charge on any atom is 0.129 e. The molecule has 0 aliphatic carbocycles. The van der Waals surface area contributed by atoms with Crippen molar-refractivity contribution in [3.8, 4) is 5.75 Å². The SMILES string of the molecule is COc1c(/C=C/CN)ccc(C)c1C. The lowest BCUT2D eigenvalue weighted by Gasteiger charge is -2.10. The number of methoxy groups -OCH3 is 1. The van der Waals surface area contributed by atoms with Gasteiger partial charge in [0.1, 0.15) is 5.75 Å². The van der Waals surface area contributed by atoms with Gasteiger partial charge in [-0.05, 0) is 25.0 Å². The highest BCUT2D eigenvalue weighted by molar-refractivity contribution is 5.61. The average molecular weight is 191 g/mol. The molecule has 0 atom stereocenters. The summed E-state index contributed by atoms with van der Waals surface area (Å²) in [6.07, 6.45) is 3.91. The molecule has 0 aliphatic rings. The topological polar surface area (TPSA) is 35.2 Å². The first-order chi connectivity index (χ1) is 6.70. The quantitative estimate of drug-likeness (QED) is 0.795. The zero-order chi connectivity index (χ0) is 10.6. The van der Waals surface area contributed by atoms with E-state index in [1.807, 2.05) is 18.2 Å². The number of ether oxygens (including phenoxy) is 1. The monoisotopic (exact) mass is 191 g/mol. The number of rotatable bonds is 3. The van der Waals surface area contributed by atoms with Crippen molar-refractivity contribution in [2.75, 3.05) is 13.7 Å². The van der Waals surface area contributed by atoms with E-state index >= 15 is 0 Å². The lowest BCUT2D eigenvalue weighted by Crippen LogP contribution is -1.95. The minimum absolute atomic E-state index is 0.552. The molecule has 0 fully saturated rings. The van der Waals surface area contributed by atoms with Gasteiger partial charge in [0.2, 0.25) is 0 Å². The van der Waals surface area contributed by atoms with Crippen molar-refractivity contribution in [1.82, 2.24) is 0 Å². The molecule has 1 aromatic rings. The second-order valence-electron chi connectivity index (χ2n) is 3.27. The fraction of sp³-hybridized carbons (Fsp3) is 0.333. The Labute approximate surface area is 85.4 Å². The van der Waals surface area contributed by atoms with Gasteiger partial charge in [-0.2, -0.15) is 0 Å². The molecule has 0 saturated heterocycles. The van der Waals surface area contributed by atoms with E-state index in [1.165, 1.54) is 11.1 Å². The van der Waals surface area contributed by atoms with E-state index in [-0.39, 0.29) is 0 Å². The van der Waals surface area contributed by atoms with Crippen LogP contribution in [0.15, 0.2) is 18.2 Å². The molecule has 0 heterocycles. The maximum absolute atomic E-state index is 5.41. The standard InChI is InChI=1S/C12H17NO/c1-9-6-7-11(5-4-8-13)12(14-3)10(9)2/h4-7H,8,13H2,1-3H3/b5-4+. The van der Waals surface area contributed by atoms with Crippen molar-refractivity contribution >= 4 is 6.08 Å². The van der Waals surface area contributed by atoms with Gasteiger partial charge in [-0.3, -0.25) is 0 Å². The van der Waals surface area contributed by atoms with E-state index in [0.717, 1.165) is 11.3 Å². The van der Waals surface area contributed by atoms with Gasteiger partial charge in [-0.1, -0.05) is 24.3 Å². The van der Waals surface area contributed by atoms with Gasteiger partial charge < -0.3 is 10.5 Å². The maximum atomic E-state index is 5.41. The van der Waals surface area contributed by atoms with Crippen molar-refractivity contribution < 1.29 is 4.74 Å². The van der Waals surface area contributed by atoms with Gasteiger partial charge >= 0.3 is 0 Å². The highest BCUT2D eigenvalue weighted by Gasteiger charge is 2.05. The summed E-state index contributed by atoms with van der Waals surface area (Å²) in [6.45, 7) is 4.69. The highest BCUT2D eigenvalue weighted by Crippen LogP contribution is 2.26. The van der Waals surface area contributed by atoms with Crippen molar-refractivity contribution in [3.63, 3.8) is 0 Å². The molecule has 0 amide bonds. The van der Waals surface area contributed by atoms with Crippen LogP contribution in [0, 0.1) is 13.8 Å². The minimum atomic E-state index is 0.552. The molecule has 0 aliphatic heterocycles. The Balaban J connectivity index is 3.17. The lowest BCUT2D eigenvalue weighted by atomic mass is 10.0. The van der Waals surface area contributed by atoms with E-state index < -0.39 is 0 Å². The van der Waals surface area contributed by atoms with Gasteiger partial charge in [0.25, 0.3) is 0 Å². The third-order valence-electron chi connectivity index (χ3n) is 2.34. The summed E-state index contributed by atoms with van der Waals surface area (Å²) in [5, 5.41) is 0. The molecule has 0 saturated carbocycles. The number of hydrogen-bond acceptors (Lipinski definition) is 2. The van der Waals surface area contributed by atoms with E-state index in [2.05, 4.69) is 19.9 Å². The smallest absolute Gasteiger partial charge is 0.129 e. The Hall–Kier alpha value is -1.28. The molecule has 2 heteroatoms. The van der Waals surface area contributed by atoms with Gasteiger partial charge in [-0.25, -0.2) is 0 Å². The molecule has 0 aromatic heterocycles. The van der Waals surface area contributed by atoms with Gasteiger partial charge in [0.15, 0.2) is 0 Å². The third kappa shape index (κ3) is 2.15. The fourth-order valence-electron chi connectivity index (χ4n) is 1.41. The molecule has 1 rings (SSSR count). The zero-order valence-corrected chi connectivity index (χ0v) is 9.00. The van der Waals surface area contributed by atoms with E-state index in [4.69, 9.17) is 10.5 Å². The number of benzene rings is 1. The predicted molar refractivity (Wildman–Crippen MR) is 60.6 cm³/mol. The molecule has 14 heavy (non-hydrogen) atoms. The van der Waals surface area contributed by atoms with Crippen LogP contribution < -0.4 is 10.5 Å². The number of hydrogen-bond donors (Lipinski definition) is 1. The molecule has 2 N–H and O–H groups in total. The molecule has 76 valence electrons. The normalized spacial score (nSPS) is 10.9.